The number of benzene rings is 1. The monoisotopic (exact) mass is 308 g/mol. The van der Waals surface area contributed by atoms with Gasteiger partial charge in [0, 0.05) is 17.8 Å². The Kier molecular flexibility index (Phi) is 4.24. The zero-order valence-electron chi connectivity index (χ0n) is 11.6. The van der Waals surface area contributed by atoms with E-state index in [0.29, 0.717) is 18.1 Å². The number of anilines is 1. The van der Waals surface area contributed by atoms with E-state index in [2.05, 4.69) is 20.8 Å². The molecule has 0 radical (unpaired) electrons. The molecule has 112 valence electrons. The number of nitrogens with two attached hydrogens (primary N) is 1. The van der Waals surface area contributed by atoms with Crippen LogP contribution in [0.2, 0.25) is 0 Å². The van der Waals surface area contributed by atoms with Gasteiger partial charge >= 0.3 is 0 Å². The van der Waals surface area contributed by atoms with Gasteiger partial charge in [-0.3, -0.25) is 4.79 Å². The number of hydrogen-bond acceptors (Lipinski definition) is 5. The second-order valence-electron chi connectivity index (χ2n) is 5.01. The minimum Gasteiger partial charge on any atom is -0.324 e. The Morgan fingerprint density at radius 1 is 1.48 bits per heavy atom. The predicted octanol–water partition coefficient (Wildman–Crippen LogP) is 1.21. The number of carbonyl (C=O) groups is 1. The van der Waals surface area contributed by atoms with Crippen molar-refractivity contribution in [1.29, 1.82) is 0 Å². The van der Waals surface area contributed by atoms with Gasteiger partial charge in [-0.1, -0.05) is 12.1 Å². The van der Waals surface area contributed by atoms with E-state index in [1.807, 2.05) is 31.2 Å². The highest BCUT2D eigenvalue weighted by Gasteiger charge is 2.45. The second-order valence-corrected chi connectivity index (χ2v) is 5.01. The van der Waals surface area contributed by atoms with Crippen LogP contribution in [0.3, 0.4) is 0 Å². The summed E-state index contributed by atoms with van der Waals surface area (Å²) in [5.74, 6) is 0.544. The van der Waals surface area contributed by atoms with Crippen molar-refractivity contribution >= 4 is 24.0 Å². The first-order chi connectivity index (χ1) is 9.62. The molecule has 1 amide bonds. The Balaban J connectivity index is 0.00000161. The molecule has 1 saturated carbocycles. The van der Waals surface area contributed by atoms with Crippen molar-refractivity contribution in [3.05, 3.63) is 24.3 Å². The van der Waals surface area contributed by atoms with Gasteiger partial charge in [-0.15, -0.1) is 17.5 Å². The van der Waals surface area contributed by atoms with E-state index in [1.165, 1.54) is 0 Å². The molecule has 1 aliphatic carbocycles. The van der Waals surface area contributed by atoms with Gasteiger partial charge in [0.05, 0.1) is 5.54 Å². The minimum atomic E-state index is -0.680. The molecule has 1 heterocycles. The van der Waals surface area contributed by atoms with Crippen molar-refractivity contribution < 1.29 is 4.79 Å². The summed E-state index contributed by atoms with van der Waals surface area (Å²) in [5, 5.41) is 14.4. The van der Waals surface area contributed by atoms with Crippen molar-refractivity contribution in [1.82, 2.24) is 20.2 Å². The van der Waals surface area contributed by atoms with Crippen LogP contribution in [-0.4, -0.2) is 31.7 Å². The molecule has 0 spiro atoms. The van der Waals surface area contributed by atoms with Gasteiger partial charge in [0.25, 0.3) is 0 Å². The first kappa shape index (κ1) is 15.4. The molecule has 1 aliphatic rings. The first-order valence-electron chi connectivity index (χ1n) is 6.59. The highest BCUT2D eigenvalue weighted by Crippen LogP contribution is 2.33. The van der Waals surface area contributed by atoms with Crippen molar-refractivity contribution in [3.8, 4) is 11.4 Å². The van der Waals surface area contributed by atoms with Gasteiger partial charge in [0.1, 0.15) is 0 Å². The number of carbonyl (C=O) groups excluding carboxylic acids is 1. The maximum absolute atomic E-state index is 11.9. The third-order valence-corrected chi connectivity index (χ3v) is 3.45. The quantitative estimate of drug-likeness (QED) is 0.884. The molecule has 3 N–H and O–H groups in total. The molecule has 21 heavy (non-hydrogen) atoms. The van der Waals surface area contributed by atoms with E-state index in [1.54, 1.807) is 4.68 Å². The van der Waals surface area contributed by atoms with Gasteiger partial charge < -0.3 is 11.1 Å². The van der Waals surface area contributed by atoms with Gasteiger partial charge in [0.2, 0.25) is 5.91 Å². The second kappa shape index (κ2) is 5.79. The molecule has 0 unspecified atom stereocenters. The lowest BCUT2D eigenvalue weighted by Gasteiger charge is -2.11. The Hall–Kier alpha value is -1.99. The molecule has 0 bridgehead atoms. The van der Waals surface area contributed by atoms with E-state index in [0.717, 1.165) is 18.4 Å². The number of tetrazole rings is 1. The van der Waals surface area contributed by atoms with E-state index in [-0.39, 0.29) is 18.3 Å². The van der Waals surface area contributed by atoms with Crippen LogP contribution in [0, 0.1) is 0 Å². The number of nitrogens with one attached hydrogen (secondary N) is 1. The SMILES string of the molecule is CCn1nnnc1-c1cccc(NC(=O)C2(N)CC2)c1.Cl. The van der Waals surface area contributed by atoms with Gasteiger partial charge in [-0.2, -0.15) is 0 Å². The van der Waals surface area contributed by atoms with Crippen molar-refractivity contribution in [2.75, 3.05) is 5.32 Å². The molecule has 8 heteroatoms. The summed E-state index contributed by atoms with van der Waals surface area (Å²) in [7, 11) is 0. The zero-order valence-corrected chi connectivity index (χ0v) is 12.4. The number of rotatable bonds is 4. The topological polar surface area (TPSA) is 98.7 Å². The van der Waals surface area contributed by atoms with Crippen LogP contribution < -0.4 is 11.1 Å². The van der Waals surface area contributed by atoms with E-state index in [9.17, 15) is 4.79 Å². The van der Waals surface area contributed by atoms with Crippen molar-refractivity contribution in [3.63, 3.8) is 0 Å². The normalized spacial score (nSPS) is 15.1. The number of aryl methyl sites for hydroxylation is 1. The maximum atomic E-state index is 11.9. The molecule has 1 aromatic heterocycles. The maximum Gasteiger partial charge on any atom is 0.244 e. The molecule has 2 aromatic rings. The smallest absolute Gasteiger partial charge is 0.244 e. The highest BCUT2D eigenvalue weighted by atomic mass is 35.5. The van der Waals surface area contributed by atoms with Gasteiger partial charge in [-0.05, 0) is 42.3 Å². The first-order valence-corrected chi connectivity index (χ1v) is 6.59. The predicted molar refractivity (Wildman–Crippen MR) is 81.0 cm³/mol. The number of aromatic nitrogens is 4. The molecule has 0 saturated heterocycles. The molecule has 0 aliphatic heterocycles. The van der Waals surface area contributed by atoms with Crippen LogP contribution in [0.4, 0.5) is 5.69 Å². The van der Waals surface area contributed by atoms with E-state index in [4.69, 9.17) is 5.73 Å². The molecule has 0 atom stereocenters. The van der Waals surface area contributed by atoms with Crippen LogP contribution >= 0.6 is 12.4 Å². The molecule has 3 rings (SSSR count). The third-order valence-electron chi connectivity index (χ3n) is 3.45. The van der Waals surface area contributed by atoms with Crippen LogP contribution in [-0.2, 0) is 11.3 Å². The fraction of sp³-hybridized carbons (Fsp3) is 0.385. The minimum absolute atomic E-state index is 0. The van der Waals surface area contributed by atoms with E-state index >= 15 is 0 Å². The molecular formula is C13H17ClN6O. The summed E-state index contributed by atoms with van der Waals surface area (Å²) in [4.78, 5) is 11.9. The fourth-order valence-electron chi connectivity index (χ4n) is 1.98. The molecule has 1 fully saturated rings. The third kappa shape index (κ3) is 3.03. The fourth-order valence-corrected chi connectivity index (χ4v) is 1.98. The van der Waals surface area contributed by atoms with Crippen LogP contribution in [0.15, 0.2) is 24.3 Å². The van der Waals surface area contributed by atoms with E-state index < -0.39 is 5.54 Å². The number of amides is 1. The number of nitrogens with zero attached hydrogens (tertiary/aromatic N) is 4. The largest absolute Gasteiger partial charge is 0.324 e. The highest BCUT2D eigenvalue weighted by molar-refractivity contribution is 6.00. The van der Waals surface area contributed by atoms with Gasteiger partial charge in [0.15, 0.2) is 5.82 Å². The Morgan fingerprint density at radius 2 is 2.24 bits per heavy atom. The Morgan fingerprint density at radius 3 is 2.90 bits per heavy atom. The van der Waals surface area contributed by atoms with Crippen LogP contribution in [0.25, 0.3) is 11.4 Å². The summed E-state index contributed by atoms with van der Waals surface area (Å²) in [5.41, 5.74) is 6.75. The molecule has 7 nitrogen and oxygen atoms in total. The summed E-state index contributed by atoms with van der Waals surface area (Å²) in [6, 6.07) is 7.44. The lowest BCUT2D eigenvalue weighted by atomic mass is 10.1. The van der Waals surface area contributed by atoms with Crippen molar-refractivity contribution in [2.24, 2.45) is 5.73 Å². The van der Waals surface area contributed by atoms with Gasteiger partial charge in [-0.25, -0.2) is 4.68 Å². The number of halogens is 1. The summed E-state index contributed by atoms with van der Waals surface area (Å²) < 4.78 is 1.70. The Bertz CT molecular complexity index is 652. The molecule has 1 aromatic carbocycles. The average molecular weight is 309 g/mol. The number of hydrogen-bond donors (Lipinski definition) is 2. The van der Waals surface area contributed by atoms with Crippen molar-refractivity contribution in [2.45, 2.75) is 31.8 Å². The van der Waals surface area contributed by atoms with Crippen LogP contribution in [0.1, 0.15) is 19.8 Å². The average Bonchev–Trinajstić information content (AvgIpc) is 3.04. The lowest BCUT2D eigenvalue weighted by molar-refractivity contribution is -0.118. The van der Waals surface area contributed by atoms with Crippen LogP contribution in [0.5, 0.6) is 0 Å². The summed E-state index contributed by atoms with van der Waals surface area (Å²) in [6.07, 6.45) is 1.49. The summed E-state index contributed by atoms with van der Waals surface area (Å²) >= 11 is 0. The summed E-state index contributed by atoms with van der Waals surface area (Å²) in [6.45, 7) is 2.65. The Labute approximate surface area is 128 Å². The molecular weight excluding hydrogens is 292 g/mol. The lowest BCUT2D eigenvalue weighted by Crippen LogP contribution is -2.37. The zero-order chi connectivity index (χ0) is 14.2. The standard InChI is InChI=1S/C13H16N6O.ClH/c1-2-19-11(16-17-18-19)9-4-3-5-10(8-9)15-12(20)13(14)6-7-13;/h3-5,8H,2,6-7,14H2,1H3,(H,15,20);1H.